The molecule has 1 aromatic heterocycles. The van der Waals surface area contributed by atoms with Crippen LogP contribution in [-0.4, -0.2) is 38.3 Å². The Kier molecular flexibility index (Phi) is 5.11. The molecule has 0 bridgehead atoms. The van der Waals surface area contributed by atoms with Crippen molar-refractivity contribution in [3.05, 3.63) is 11.6 Å². The molecular weight excluding hydrogens is 304 g/mol. The van der Waals surface area contributed by atoms with Gasteiger partial charge in [0.2, 0.25) is 0 Å². The highest BCUT2D eigenvalue weighted by Gasteiger charge is 2.38. The fourth-order valence-electron chi connectivity index (χ4n) is 3.54. The van der Waals surface area contributed by atoms with Crippen molar-refractivity contribution < 1.29 is 9.53 Å². The van der Waals surface area contributed by atoms with Crippen molar-refractivity contribution in [1.29, 1.82) is 0 Å². The van der Waals surface area contributed by atoms with Crippen molar-refractivity contribution in [2.75, 3.05) is 6.54 Å². The molecule has 0 radical (unpaired) electrons. The molecule has 1 saturated carbocycles. The molecule has 1 atom stereocenters. The van der Waals surface area contributed by atoms with E-state index in [0.29, 0.717) is 5.92 Å². The quantitative estimate of drug-likeness (QED) is 0.874. The topological polar surface area (TPSA) is 71.1 Å². The lowest BCUT2D eigenvalue weighted by atomic mass is 9.91. The summed E-state index contributed by atoms with van der Waals surface area (Å²) in [6.45, 7) is 6.39. The third kappa shape index (κ3) is 4.08. The molecule has 1 aromatic rings. The largest absolute Gasteiger partial charge is 0.444 e. The van der Waals surface area contributed by atoms with Crippen LogP contribution in [0.25, 0.3) is 0 Å². The molecule has 0 aromatic carbocycles. The summed E-state index contributed by atoms with van der Waals surface area (Å²) in [5.74, 6) is 2.21. The lowest BCUT2D eigenvalue weighted by molar-refractivity contribution is -0.00734. The number of ether oxygens (including phenoxy) is 1. The van der Waals surface area contributed by atoms with Crippen molar-refractivity contribution >= 4 is 6.09 Å². The number of rotatable bonds is 2. The van der Waals surface area contributed by atoms with Crippen LogP contribution in [0.2, 0.25) is 0 Å². The van der Waals surface area contributed by atoms with Crippen molar-refractivity contribution in [1.82, 2.24) is 20.1 Å². The zero-order valence-corrected chi connectivity index (χ0v) is 15.2. The number of nitrogens with zero attached hydrogens (tertiary/aromatic N) is 3. The number of hydrogen-bond donors (Lipinski definition) is 1. The molecule has 6 heteroatoms. The molecule has 2 fully saturated rings. The number of amides is 1. The normalized spacial score (nSPS) is 23.3. The van der Waals surface area contributed by atoms with Crippen LogP contribution in [0, 0.1) is 0 Å². The molecule has 3 rings (SSSR count). The van der Waals surface area contributed by atoms with Crippen LogP contribution in [0.15, 0.2) is 0 Å². The van der Waals surface area contributed by atoms with Crippen molar-refractivity contribution in [2.45, 2.75) is 89.7 Å². The molecule has 134 valence electrons. The summed E-state index contributed by atoms with van der Waals surface area (Å²) in [4.78, 5) is 18.7. The van der Waals surface area contributed by atoms with Gasteiger partial charge in [-0.25, -0.2) is 9.78 Å². The molecule has 1 N–H and O–H groups in total. The van der Waals surface area contributed by atoms with Gasteiger partial charge in [0, 0.05) is 12.5 Å². The van der Waals surface area contributed by atoms with Crippen LogP contribution in [0.3, 0.4) is 0 Å². The van der Waals surface area contributed by atoms with Crippen molar-refractivity contribution in [2.24, 2.45) is 0 Å². The lowest BCUT2D eigenvalue weighted by Crippen LogP contribution is -2.47. The van der Waals surface area contributed by atoms with E-state index in [0.717, 1.165) is 24.6 Å². The Morgan fingerprint density at radius 3 is 2.38 bits per heavy atom. The summed E-state index contributed by atoms with van der Waals surface area (Å²) < 4.78 is 5.47. The Morgan fingerprint density at radius 1 is 1.12 bits per heavy atom. The summed E-state index contributed by atoms with van der Waals surface area (Å²) in [5, 5.41) is 7.55. The second-order valence-corrected chi connectivity index (χ2v) is 8.10. The van der Waals surface area contributed by atoms with Crippen molar-refractivity contribution in [3.8, 4) is 0 Å². The number of nitrogens with one attached hydrogen (secondary N) is 1. The van der Waals surface area contributed by atoms with Gasteiger partial charge in [-0.05, 0) is 40.0 Å². The monoisotopic (exact) mass is 334 g/mol. The number of hydrogen-bond acceptors (Lipinski definition) is 4. The van der Waals surface area contributed by atoms with E-state index < -0.39 is 5.60 Å². The van der Waals surface area contributed by atoms with Gasteiger partial charge in [-0.3, -0.25) is 10.00 Å². The molecule has 6 nitrogen and oxygen atoms in total. The third-order valence-electron chi connectivity index (χ3n) is 4.95. The maximum Gasteiger partial charge on any atom is 0.410 e. The number of carbonyl (C=O) groups is 1. The summed E-state index contributed by atoms with van der Waals surface area (Å²) in [7, 11) is 0. The number of carbonyl (C=O) groups excluding carboxylic acids is 1. The Bertz CT molecular complexity index is 556. The van der Waals surface area contributed by atoms with Crippen LogP contribution < -0.4 is 0 Å². The average Bonchev–Trinajstić information content (AvgIpc) is 2.83. The third-order valence-corrected chi connectivity index (χ3v) is 4.95. The van der Waals surface area contributed by atoms with E-state index in [2.05, 4.69) is 10.2 Å². The van der Waals surface area contributed by atoms with Gasteiger partial charge in [0.1, 0.15) is 11.4 Å². The van der Waals surface area contributed by atoms with Crippen molar-refractivity contribution in [3.63, 3.8) is 0 Å². The van der Waals surface area contributed by atoms with E-state index in [1.165, 1.54) is 44.9 Å². The van der Waals surface area contributed by atoms with E-state index in [4.69, 9.17) is 9.72 Å². The Morgan fingerprint density at radius 2 is 1.79 bits per heavy atom. The Balaban J connectivity index is 1.63. The summed E-state index contributed by atoms with van der Waals surface area (Å²) in [6.07, 6.45) is 9.55. The first-order valence-electron chi connectivity index (χ1n) is 9.36. The number of aromatic nitrogens is 3. The predicted octanol–water partition coefficient (Wildman–Crippen LogP) is 4.31. The fourth-order valence-corrected chi connectivity index (χ4v) is 3.54. The lowest BCUT2D eigenvalue weighted by Gasteiger charge is -2.39. The van der Waals surface area contributed by atoms with E-state index in [-0.39, 0.29) is 12.1 Å². The van der Waals surface area contributed by atoms with Crippen LogP contribution in [0.5, 0.6) is 0 Å². The highest BCUT2D eigenvalue weighted by molar-refractivity contribution is 5.69. The molecule has 2 heterocycles. The summed E-state index contributed by atoms with van der Waals surface area (Å²) >= 11 is 0. The number of H-pyrrole nitrogens is 1. The molecule has 1 aliphatic carbocycles. The van der Waals surface area contributed by atoms with Gasteiger partial charge in [0.25, 0.3) is 0 Å². The van der Waals surface area contributed by atoms with Crippen LogP contribution in [0.4, 0.5) is 4.79 Å². The van der Waals surface area contributed by atoms with Gasteiger partial charge in [0.15, 0.2) is 5.82 Å². The first-order chi connectivity index (χ1) is 11.4. The van der Waals surface area contributed by atoms with E-state index >= 15 is 0 Å². The zero-order valence-electron chi connectivity index (χ0n) is 15.2. The summed E-state index contributed by atoms with van der Waals surface area (Å²) in [6, 6.07) is -0.0188. The SMILES string of the molecule is CC(C)(C)OC(=O)N1CCC1c1nc(C2CCCCCCC2)n[nH]1. The van der Waals surface area contributed by atoms with Crippen LogP contribution in [0.1, 0.15) is 95.7 Å². The maximum absolute atomic E-state index is 12.3. The van der Waals surface area contributed by atoms with E-state index in [1.54, 1.807) is 4.90 Å². The number of aromatic amines is 1. The fraction of sp³-hybridized carbons (Fsp3) is 0.833. The van der Waals surface area contributed by atoms with Crippen LogP contribution in [-0.2, 0) is 4.74 Å². The van der Waals surface area contributed by atoms with Gasteiger partial charge < -0.3 is 4.74 Å². The van der Waals surface area contributed by atoms with Gasteiger partial charge in [0.05, 0.1) is 6.04 Å². The highest BCUT2D eigenvalue weighted by atomic mass is 16.6. The zero-order chi connectivity index (χ0) is 17.2. The van der Waals surface area contributed by atoms with Crippen LogP contribution >= 0.6 is 0 Å². The molecule has 1 saturated heterocycles. The smallest absolute Gasteiger partial charge is 0.410 e. The van der Waals surface area contributed by atoms with E-state index in [9.17, 15) is 4.79 Å². The van der Waals surface area contributed by atoms with Gasteiger partial charge in [-0.2, -0.15) is 5.10 Å². The van der Waals surface area contributed by atoms with Gasteiger partial charge in [-0.15, -0.1) is 0 Å². The Hall–Kier alpha value is -1.59. The second-order valence-electron chi connectivity index (χ2n) is 8.10. The molecule has 1 amide bonds. The molecule has 24 heavy (non-hydrogen) atoms. The maximum atomic E-state index is 12.3. The first-order valence-corrected chi connectivity index (χ1v) is 9.36. The molecule has 1 aliphatic heterocycles. The predicted molar refractivity (Wildman–Crippen MR) is 91.7 cm³/mol. The minimum absolute atomic E-state index is 0.0188. The minimum atomic E-state index is -0.470. The Labute approximate surface area is 144 Å². The van der Waals surface area contributed by atoms with E-state index in [1.807, 2.05) is 20.8 Å². The summed E-state index contributed by atoms with van der Waals surface area (Å²) in [5.41, 5.74) is -0.470. The minimum Gasteiger partial charge on any atom is -0.444 e. The van der Waals surface area contributed by atoms with Gasteiger partial charge >= 0.3 is 6.09 Å². The molecule has 2 aliphatic rings. The number of likely N-dealkylation sites (tertiary alicyclic amines) is 1. The van der Waals surface area contributed by atoms with Gasteiger partial charge in [-0.1, -0.05) is 32.1 Å². The molecular formula is C18H30N4O2. The highest BCUT2D eigenvalue weighted by Crippen LogP contribution is 2.34. The second kappa shape index (κ2) is 7.11. The molecule has 0 spiro atoms. The molecule has 1 unspecified atom stereocenters. The first kappa shape index (κ1) is 17.2. The average molecular weight is 334 g/mol. The standard InChI is InChI=1S/C18H30N4O2/c1-18(2,3)24-17(23)22-12-11-14(22)16-19-15(20-21-16)13-9-7-5-4-6-8-10-13/h13-14H,4-12H2,1-3H3,(H,19,20,21).